The highest BCUT2D eigenvalue weighted by atomic mass is 32.1. The first-order valence-electron chi connectivity index (χ1n) is 8.40. The second kappa shape index (κ2) is 5.97. The van der Waals surface area contributed by atoms with Gasteiger partial charge in [0.1, 0.15) is 0 Å². The molecule has 4 heterocycles. The summed E-state index contributed by atoms with van der Waals surface area (Å²) in [5.74, 6) is 0.281. The molecule has 6 nitrogen and oxygen atoms in total. The third kappa shape index (κ3) is 3.10. The Morgan fingerprint density at radius 2 is 2.21 bits per heavy atom. The summed E-state index contributed by atoms with van der Waals surface area (Å²) in [5.41, 5.74) is 2.39. The molecular formula is C17H23N5OS. The van der Waals surface area contributed by atoms with Crippen molar-refractivity contribution in [3.63, 3.8) is 0 Å². The molecule has 2 aliphatic rings. The molecule has 2 aromatic rings. The molecule has 1 unspecified atom stereocenters. The Morgan fingerprint density at radius 1 is 1.33 bits per heavy atom. The molecule has 1 atom stereocenters. The normalized spacial score (nSPS) is 24.6. The van der Waals surface area contributed by atoms with Gasteiger partial charge >= 0.3 is 0 Å². The van der Waals surface area contributed by atoms with E-state index < -0.39 is 0 Å². The van der Waals surface area contributed by atoms with Crippen LogP contribution in [0.5, 0.6) is 0 Å². The predicted octanol–water partition coefficient (Wildman–Crippen LogP) is 1.81. The third-order valence-corrected chi connectivity index (χ3v) is 5.93. The summed E-state index contributed by atoms with van der Waals surface area (Å²) in [6, 6.07) is 0. The lowest BCUT2D eigenvalue weighted by atomic mass is 9.86. The van der Waals surface area contributed by atoms with E-state index in [0.29, 0.717) is 13.0 Å². The van der Waals surface area contributed by atoms with Gasteiger partial charge in [-0.2, -0.15) is 5.10 Å². The fourth-order valence-corrected chi connectivity index (χ4v) is 4.65. The number of thiazole rings is 1. The molecule has 0 bridgehead atoms. The highest BCUT2D eigenvalue weighted by Gasteiger charge is 2.47. The van der Waals surface area contributed by atoms with Crippen molar-refractivity contribution in [2.75, 3.05) is 19.6 Å². The van der Waals surface area contributed by atoms with E-state index in [1.807, 2.05) is 29.7 Å². The number of hydrogen-bond acceptors (Lipinski definition) is 5. The molecule has 2 fully saturated rings. The molecule has 0 N–H and O–H groups in total. The van der Waals surface area contributed by atoms with Crippen LogP contribution in [0.25, 0.3) is 0 Å². The molecule has 0 aliphatic carbocycles. The van der Waals surface area contributed by atoms with Crippen LogP contribution in [0, 0.1) is 12.3 Å². The minimum Gasteiger partial charge on any atom is -0.336 e. The van der Waals surface area contributed by atoms with Gasteiger partial charge in [-0.3, -0.25) is 14.4 Å². The Hall–Kier alpha value is -1.73. The topological polar surface area (TPSA) is 54.3 Å². The fraction of sp³-hybridized carbons (Fsp3) is 0.588. The number of carbonyl (C=O) groups is 1. The van der Waals surface area contributed by atoms with Crippen LogP contribution in [0.1, 0.15) is 29.1 Å². The number of nitrogens with zero attached hydrogens (tertiary/aromatic N) is 5. The number of hydrogen-bond donors (Lipinski definition) is 0. The van der Waals surface area contributed by atoms with Gasteiger partial charge in [-0.05, 0) is 19.9 Å². The smallest absolute Gasteiger partial charge is 0.223 e. The van der Waals surface area contributed by atoms with Crippen LogP contribution in [-0.2, 0) is 24.9 Å². The van der Waals surface area contributed by atoms with Gasteiger partial charge in [-0.1, -0.05) is 0 Å². The largest absolute Gasteiger partial charge is 0.336 e. The first kappa shape index (κ1) is 15.8. The SMILES string of the molecule is Cc1nc(CN2CC3(CCN(Cc4cnn(C)c4)C3)CC2=O)cs1. The first-order valence-corrected chi connectivity index (χ1v) is 9.28. The average Bonchev–Trinajstić information content (AvgIpc) is 3.26. The van der Waals surface area contributed by atoms with E-state index in [1.54, 1.807) is 11.3 Å². The highest BCUT2D eigenvalue weighted by Crippen LogP contribution is 2.41. The molecule has 2 aliphatic heterocycles. The molecule has 0 saturated carbocycles. The van der Waals surface area contributed by atoms with E-state index in [2.05, 4.69) is 26.6 Å². The van der Waals surface area contributed by atoms with Crippen molar-refractivity contribution >= 4 is 17.2 Å². The van der Waals surface area contributed by atoms with Crippen molar-refractivity contribution in [1.29, 1.82) is 0 Å². The number of carbonyl (C=O) groups excluding carboxylic acids is 1. The summed E-state index contributed by atoms with van der Waals surface area (Å²) in [6.45, 7) is 6.52. The van der Waals surface area contributed by atoms with Crippen LogP contribution in [0.15, 0.2) is 17.8 Å². The maximum Gasteiger partial charge on any atom is 0.223 e. The van der Waals surface area contributed by atoms with Gasteiger partial charge in [0.15, 0.2) is 0 Å². The fourth-order valence-electron chi connectivity index (χ4n) is 4.05. The first-order chi connectivity index (χ1) is 11.5. The van der Waals surface area contributed by atoms with Crippen molar-refractivity contribution in [3.05, 3.63) is 34.0 Å². The Balaban J connectivity index is 1.39. The third-order valence-electron chi connectivity index (χ3n) is 5.11. The Bertz CT molecular complexity index is 754. The molecular weight excluding hydrogens is 322 g/mol. The standard InChI is InChI=1S/C17H23N5OS/c1-13-19-15(10-24-13)9-22-12-17(5-16(22)23)3-4-21(11-17)8-14-6-18-20(2)7-14/h6-7,10H,3-5,8-9,11-12H2,1-2H3. The van der Waals surface area contributed by atoms with Gasteiger partial charge in [-0.25, -0.2) is 4.98 Å². The second-order valence-corrected chi connectivity index (χ2v) is 8.33. The van der Waals surface area contributed by atoms with Crippen molar-refractivity contribution in [1.82, 2.24) is 24.6 Å². The van der Waals surface area contributed by atoms with Crippen molar-refractivity contribution in [2.24, 2.45) is 12.5 Å². The van der Waals surface area contributed by atoms with Crippen LogP contribution < -0.4 is 0 Å². The maximum absolute atomic E-state index is 12.5. The zero-order chi connectivity index (χ0) is 16.7. The minimum absolute atomic E-state index is 0.129. The summed E-state index contributed by atoms with van der Waals surface area (Å²) in [4.78, 5) is 21.4. The van der Waals surface area contributed by atoms with Crippen LogP contribution in [-0.4, -0.2) is 50.1 Å². The highest BCUT2D eigenvalue weighted by molar-refractivity contribution is 7.09. The van der Waals surface area contributed by atoms with E-state index >= 15 is 0 Å². The molecule has 4 rings (SSSR count). The van der Waals surface area contributed by atoms with Crippen LogP contribution in [0.4, 0.5) is 0 Å². The summed E-state index contributed by atoms with van der Waals surface area (Å²) >= 11 is 1.65. The number of rotatable bonds is 4. The van der Waals surface area contributed by atoms with Gasteiger partial charge in [-0.15, -0.1) is 11.3 Å². The summed E-state index contributed by atoms with van der Waals surface area (Å²) < 4.78 is 1.85. The summed E-state index contributed by atoms with van der Waals surface area (Å²) in [6.07, 6.45) is 5.79. The van der Waals surface area contributed by atoms with E-state index in [0.717, 1.165) is 43.3 Å². The molecule has 24 heavy (non-hydrogen) atoms. The predicted molar refractivity (Wildman–Crippen MR) is 92.4 cm³/mol. The number of aromatic nitrogens is 3. The van der Waals surface area contributed by atoms with E-state index in [4.69, 9.17) is 0 Å². The average molecular weight is 345 g/mol. The summed E-state index contributed by atoms with van der Waals surface area (Å²) in [7, 11) is 1.95. The lowest BCUT2D eigenvalue weighted by Gasteiger charge is -2.24. The molecule has 0 radical (unpaired) electrons. The monoisotopic (exact) mass is 345 g/mol. The van der Waals surface area contributed by atoms with E-state index in [-0.39, 0.29) is 11.3 Å². The second-order valence-electron chi connectivity index (χ2n) is 7.27. The molecule has 2 saturated heterocycles. The number of aryl methyl sites for hydroxylation is 2. The maximum atomic E-state index is 12.5. The van der Waals surface area contributed by atoms with E-state index in [1.165, 1.54) is 5.56 Å². The Labute approximate surface area is 146 Å². The van der Waals surface area contributed by atoms with Crippen LogP contribution >= 0.6 is 11.3 Å². The summed E-state index contributed by atoms with van der Waals surface area (Å²) in [5, 5.41) is 7.37. The molecule has 1 spiro atoms. The number of amides is 1. The minimum atomic E-state index is 0.129. The van der Waals surface area contributed by atoms with Crippen LogP contribution in [0.2, 0.25) is 0 Å². The van der Waals surface area contributed by atoms with Gasteiger partial charge in [0.05, 0.1) is 23.4 Å². The lowest BCUT2D eigenvalue weighted by molar-refractivity contribution is -0.128. The molecule has 1 amide bonds. The number of likely N-dealkylation sites (tertiary alicyclic amines) is 2. The Morgan fingerprint density at radius 3 is 2.92 bits per heavy atom. The molecule has 2 aromatic heterocycles. The van der Waals surface area contributed by atoms with Gasteiger partial charge in [0, 0.05) is 55.7 Å². The molecule has 0 aromatic carbocycles. The van der Waals surface area contributed by atoms with Crippen molar-refractivity contribution in [2.45, 2.75) is 32.9 Å². The van der Waals surface area contributed by atoms with Gasteiger partial charge < -0.3 is 4.90 Å². The van der Waals surface area contributed by atoms with Gasteiger partial charge in [0.25, 0.3) is 0 Å². The van der Waals surface area contributed by atoms with Gasteiger partial charge in [0.2, 0.25) is 5.91 Å². The zero-order valence-electron chi connectivity index (χ0n) is 14.2. The Kier molecular flexibility index (Phi) is 3.92. The lowest BCUT2D eigenvalue weighted by Crippen LogP contribution is -2.31. The zero-order valence-corrected chi connectivity index (χ0v) is 15.1. The molecule has 7 heteroatoms. The quantitative estimate of drug-likeness (QED) is 0.848. The van der Waals surface area contributed by atoms with E-state index in [9.17, 15) is 4.79 Å². The molecule has 128 valence electrons. The van der Waals surface area contributed by atoms with Crippen molar-refractivity contribution < 1.29 is 4.79 Å². The van der Waals surface area contributed by atoms with Crippen molar-refractivity contribution in [3.8, 4) is 0 Å². The van der Waals surface area contributed by atoms with Crippen LogP contribution in [0.3, 0.4) is 0 Å².